The highest BCUT2D eigenvalue weighted by Gasteiger charge is 1.95. The lowest BCUT2D eigenvalue weighted by Crippen LogP contribution is -1.93. The van der Waals surface area contributed by atoms with E-state index in [0.717, 1.165) is 5.33 Å². The predicted octanol–water partition coefficient (Wildman–Crippen LogP) is 2.94. The van der Waals surface area contributed by atoms with Crippen molar-refractivity contribution in [2.45, 2.75) is 24.6 Å². The molecule has 7 heavy (non-hydrogen) atoms. The lowest BCUT2D eigenvalue weighted by Gasteiger charge is -1.99. The molecule has 1 atom stereocenters. The maximum absolute atomic E-state index is 3.51. The molecule has 0 aliphatic heterocycles. The zero-order chi connectivity index (χ0) is 5.70. The topological polar surface area (TPSA) is 0 Å². The van der Waals surface area contributed by atoms with Crippen molar-refractivity contribution in [3.05, 3.63) is 0 Å². The summed E-state index contributed by atoms with van der Waals surface area (Å²) in [6.45, 7) is 2.18. The van der Waals surface area contributed by atoms with Crippen LogP contribution in [0.3, 0.4) is 0 Å². The second-order valence-electron chi connectivity index (χ2n) is 1.48. The third kappa shape index (κ3) is 4.82. The fraction of sp³-hybridized carbons (Fsp3) is 1.00. The van der Waals surface area contributed by atoms with Gasteiger partial charge in [-0.1, -0.05) is 38.8 Å². The lowest BCUT2D eigenvalue weighted by atomic mass is 10.3. The smallest absolute Gasteiger partial charge is 0.0151 e. The molecule has 2 heteroatoms. The maximum Gasteiger partial charge on any atom is 0.0151 e. The fourth-order valence-electron chi connectivity index (χ4n) is 0.323. The number of hydrogen-bond acceptors (Lipinski definition) is 0. The molecule has 0 aromatic heterocycles. The van der Waals surface area contributed by atoms with E-state index in [9.17, 15) is 0 Å². The van der Waals surface area contributed by atoms with Gasteiger partial charge < -0.3 is 0 Å². The van der Waals surface area contributed by atoms with Gasteiger partial charge in [0.25, 0.3) is 0 Å². The summed E-state index contributed by atoms with van der Waals surface area (Å²) in [5.41, 5.74) is 0. The first-order valence-electron chi connectivity index (χ1n) is 2.51. The molecule has 0 radical (unpaired) electrons. The molecule has 0 fully saturated rings. The van der Waals surface area contributed by atoms with E-state index in [0.29, 0.717) is 4.83 Å². The van der Waals surface area contributed by atoms with E-state index < -0.39 is 0 Å². The third-order valence-corrected chi connectivity index (χ3v) is 2.43. The van der Waals surface area contributed by atoms with Gasteiger partial charge in [-0.3, -0.25) is 0 Å². The predicted molar refractivity (Wildman–Crippen MR) is 41.4 cm³/mol. The van der Waals surface area contributed by atoms with Crippen molar-refractivity contribution >= 4 is 31.9 Å². The van der Waals surface area contributed by atoms with Gasteiger partial charge in [-0.05, 0) is 12.8 Å². The summed E-state index contributed by atoms with van der Waals surface area (Å²) in [6.07, 6.45) is 2.46. The average Bonchev–Trinajstić information content (AvgIpc) is 1.68. The van der Waals surface area contributed by atoms with Gasteiger partial charge in [-0.2, -0.15) is 0 Å². The van der Waals surface area contributed by atoms with Crippen molar-refractivity contribution in [3.63, 3.8) is 0 Å². The minimum absolute atomic E-state index is 0.715. The first-order valence-corrected chi connectivity index (χ1v) is 4.55. The van der Waals surface area contributed by atoms with Crippen molar-refractivity contribution in [1.29, 1.82) is 0 Å². The fourth-order valence-corrected chi connectivity index (χ4v) is 1.72. The van der Waals surface area contributed by atoms with Crippen LogP contribution in [-0.2, 0) is 0 Å². The first-order chi connectivity index (χ1) is 3.31. The Morgan fingerprint density at radius 2 is 2.14 bits per heavy atom. The molecule has 0 bridgehead atoms. The highest BCUT2D eigenvalue weighted by molar-refractivity contribution is 9.10. The second kappa shape index (κ2) is 5.10. The quantitative estimate of drug-likeness (QED) is 0.653. The molecule has 0 saturated carbocycles. The molecular weight excluding hydrogens is 220 g/mol. The highest BCUT2D eigenvalue weighted by Crippen LogP contribution is 2.09. The molecule has 0 N–H and O–H groups in total. The SMILES string of the molecule is CCC(Br)CCBr. The van der Waals surface area contributed by atoms with Gasteiger partial charge in [0, 0.05) is 10.2 Å². The van der Waals surface area contributed by atoms with Crippen LogP contribution < -0.4 is 0 Å². The molecule has 0 heterocycles. The van der Waals surface area contributed by atoms with Gasteiger partial charge in [0.2, 0.25) is 0 Å². The van der Waals surface area contributed by atoms with E-state index in [1.54, 1.807) is 0 Å². The number of rotatable bonds is 3. The van der Waals surface area contributed by atoms with E-state index in [1.807, 2.05) is 0 Å². The molecule has 0 amide bonds. The van der Waals surface area contributed by atoms with E-state index in [-0.39, 0.29) is 0 Å². The van der Waals surface area contributed by atoms with E-state index >= 15 is 0 Å². The molecule has 0 saturated heterocycles. The van der Waals surface area contributed by atoms with Crippen LogP contribution in [0.4, 0.5) is 0 Å². The van der Waals surface area contributed by atoms with Crippen molar-refractivity contribution < 1.29 is 0 Å². The Balaban J connectivity index is 2.83. The Kier molecular flexibility index (Phi) is 5.80. The first kappa shape index (κ1) is 7.96. The summed E-state index contributed by atoms with van der Waals surface area (Å²) in [6, 6.07) is 0. The molecule has 0 nitrogen and oxygen atoms in total. The van der Waals surface area contributed by atoms with Gasteiger partial charge in [-0.25, -0.2) is 0 Å². The normalized spacial score (nSPS) is 14.1. The Bertz CT molecular complexity index is 37.1. The Morgan fingerprint density at radius 1 is 1.57 bits per heavy atom. The summed E-state index contributed by atoms with van der Waals surface area (Å²) in [5.74, 6) is 0. The van der Waals surface area contributed by atoms with Crippen molar-refractivity contribution in [2.24, 2.45) is 0 Å². The van der Waals surface area contributed by atoms with Crippen molar-refractivity contribution in [3.8, 4) is 0 Å². The zero-order valence-corrected chi connectivity index (χ0v) is 7.63. The Labute approximate surface area is 61.9 Å². The molecule has 44 valence electrons. The number of halogens is 2. The number of alkyl halides is 2. The van der Waals surface area contributed by atoms with Crippen LogP contribution in [-0.4, -0.2) is 10.2 Å². The van der Waals surface area contributed by atoms with Gasteiger partial charge in [0.05, 0.1) is 0 Å². The molecule has 0 rings (SSSR count). The van der Waals surface area contributed by atoms with Crippen molar-refractivity contribution in [1.82, 2.24) is 0 Å². The van der Waals surface area contributed by atoms with E-state index in [2.05, 4.69) is 38.8 Å². The second-order valence-corrected chi connectivity index (χ2v) is 3.57. The van der Waals surface area contributed by atoms with Crippen LogP contribution in [0, 0.1) is 0 Å². The minimum atomic E-state index is 0.715. The van der Waals surface area contributed by atoms with Gasteiger partial charge >= 0.3 is 0 Å². The summed E-state index contributed by atoms with van der Waals surface area (Å²) < 4.78 is 0. The molecule has 0 aromatic rings. The standard InChI is InChI=1S/C5H10Br2/c1-2-5(7)3-4-6/h5H,2-4H2,1H3. The van der Waals surface area contributed by atoms with Crippen LogP contribution in [0.15, 0.2) is 0 Å². The van der Waals surface area contributed by atoms with Gasteiger partial charge in [0.15, 0.2) is 0 Å². The monoisotopic (exact) mass is 228 g/mol. The van der Waals surface area contributed by atoms with Crippen LogP contribution in [0.25, 0.3) is 0 Å². The van der Waals surface area contributed by atoms with Gasteiger partial charge in [0.1, 0.15) is 0 Å². The van der Waals surface area contributed by atoms with Crippen LogP contribution in [0.2, 0.25) is 0 Å². The van der Waals surface area contributed by atoms with E-state index in [4.69, 9.17) is 0 Å². The summed E-state index contributed by atoms with van der Waals surface area (Å²) in [4.78, 5) is 0.715. The lowest BCUT2D eigenvalue weighted by molar-refractivity contribution is 0.816. The minimum Gasteiger partial charge on any atom is -0.0928 e. The summed E-state index contributed by atoms with van der Waals surface area (Å²) in [5, 5.41) is 1.11. The van der Waals surface area contributed by atoms with Crippen LogP contribution in [0.1, 0.15) is 19.8 Å². The Morgan fingerprint density at radius 3 is 2.29 bits per heavy atom. The Hall–Kier alpha value is 0.960. The third-order valence-electron chi connectivity index (χ3n) is 0.865. The molecule has 1 unspecified atom stereocenters. The van der Waals surface area contributed by atoms with Crippen LogP contribution >= 0.6 is 31.9 Å². The summed E-state index contributed by atoms with van der Waals surface area (Å²) in [7, 11) is 0. The largest absolute Gasteiger partial charge is 0.0928 e. The number of hydrogen-bond donors (Lipinski definition) is 0. The highest BCUT2D eigenvalue weighted by atomic mass is 79.9. The maximum atomic E-state index is 3.51. The molecule has 0 spiro atoms. The summed E-state index contributed by atoms with van der Waals surface area (Å²) >= 11 is 6.87. The van der Waals surface area contributed by atoms with Crippen LogP contribution in [0.5, 0.6) is 0 Å². The molecule has 0 aliphatic carbocycles. The van der Waals surface area contributed by atoms with Gasteiger partial charge in [-0.15, -0.1) is 0 Å². The zero-order valence-electron chi connectivity index (χ0n) is 4.45. The van der Waals surface area contributed by atoms with E-state index in [1.165, 1.54) is 12.8 Å². The average molecular weight is 230 g/mol. The molecule has 0 aliphatic rings. The molecule has 0 aromatic carbocycles. The van der Waals surface area contributed by atoms with Crippen molar-refractivity contribution in [2.75, 3.05) is 5.33 Å². The molecular formula is C5H10Br2.